The third kappa shape index (κ3) is 2.28. The molecule has 0 radical (unpaired) electrons. The van der Waals surface area contributed by atoms with Gasteiger partial charge in [-0.1, -0.05) is 0 Å². The number of likely N-dealkylation sites (N-methyl/N-ethyl adjacent to an activating group) is 1. The second-order valence-electron chi connectivity index (χ2n) is 3.03. The summed E-state index contributed by atoms with van der Waals surface area (Å²) in [6.07, 6.45) is 1.55. The molecule has 0 spiro atoms. The van der Waals surface area contributed by atoms with Gasteiger partial charge in [0.2, 0.25) is 5.91 Å². The van der Waals surface area contributed by atoms with Crippen LogP contribution in [-0.4, -0.2) is 53.2 Å². The molecule has 1 heterocycles. The highest BCUT2D eigenvalue weighted by atomic mass is 32.2. The Kier molecular flexibility index (Phi) is 3.22. The highest BCUT2D eigenvalue weighted by Crippen LogP contribution is 2.02. The lowest BCUT2D eigenvalue weighted by atomic mass is 10.1. The Bertz CT molecular complexity index is 204. The van der Waals surface area contributed by atoms with Crippen molar-refractivity contribution >= 4 is 16.7 Å². The van der Waals surface area contributed by atoms with Crippen LogP contribution in [0.2, 0.25) is 0 Å². The van der Waals surface area contributed by atoms with E-state index >= 15 is 0 Å². The largest absolute Gasteiger partial charge is 0.339 e. The monoisotopic (exact) mass is 190 g/mol. The summed E-state index contributed by atoms with van der Waals surface area (Å²) in [6, 6.07) is 0.307. The lowest BCUT2D eigenvalue weighted by Gasteiger charge is -2.35. The van der Waals surface area contributed by atoms with E-state index in [1.165, 1.54) is 0 Å². The number of amides is 1. The molecule has 1 atom stereocenters. The first-order valence-electron chi connectivity index (χ1n) is 3.87. The summed E-state index contributed by atoms with van der Waals surface area (Å²) in [7, 11) is 0.742. The van der Waals surface area contributed by atoms with Crippen molar-refractivity contribution in [3.8, 4) is 0 Å². The van der Waals surface area contributed by atoms with Crippen LogP contribution >= 0.6 is 0 Å². The van der Waals surface area contributed by atoms with Crippen LogP contribution in [0, 0.1) is 0 Å². The molecule has 1 fully saturated rings. The molecule has 0 bridgehead atoms. The molecule has 1 aliphatic heterocycles. The summed E-state index contributed by atoms with van der Waals surface area (Å²) in [5, 5.41) is 3.08. The minimum atomic E-state index is -1.02. The van der Waals surface area contributed by atoms with Gasteiger partial charge in [-0.2, -0.15) is 0 Å². The summed E-state index contributed by atoms with van der Waals surface area (Å²) in [5.41, 5.74) is 0. The maximum absolute atomic E-state index is 11.3. The molecule has 0 aromatic carbocycles. The van der Waals surface area contributed by atoms with Gasteiger partial charge in [0.05, 0.1) is 6.04 Å². The number of nitrogens with one attached hydrogen (secondary N) is 1. The van der Waals surface area contributed by atoms with Gasteiger partial charge in [0.1, 0.15) is 5.75 Å². The van der Waals surface area contributed by atoms with Crippen molar-refractivity contribution in [1.82, 2.24) is 10.2 Å². The van der Waals surface area contributed by atoms with Gasteiger partial charge >= 0.3 is 0 Å². The molecule has 5 heteroatoms. The normalized spacial score (nSPS) is 19.8. The Balaban J connectivity index is 2.34. The molecule has 0 aliphatic carbocycles. The Morgan fingerprint density at radius 2 is 2.25 bits per heavy atom. The zero-order valence-electron chi connectivity index (χ0n) is 7.37. The fourth-order valence-electron chi connectivity index (χ4n) is 1.03. The van der Waals surface area contributed by atoms with Crippen molar-refractivity contribution in [3.05, 3.63) is 0 Å². The second-order valence-corrected chi connectivity index (χ2v) is 4.47. The van der Waals surface area contributed by atoms with E-state index in [0.29, 0.717) is 6.04 Å². The molecule has 0 aromatic rings. The van der Waals surface area contributed by atoms with Gasteiger partial charge in [-0.15, -0.1) is 0 Å². The summed E-state index contributed by atoms with van der Waals surface area (Å²) in [6.45, 7) is 1.72. The van der Waals surface area contributed by atoms with Crippen LogP contribution in [0.3, 0.4) is 0 Å². The van der Waals surface area contributed by atoms with E-state index in [1.807, 2.05) is 0 Å². The van der Waals surface area contributed by atoms with Crippen molar-refractivity contribution in [3.63, 3.8) is 0 Å². The van der Waals surface area contributed by atoms with Gasteiger partial charge in [0.25, 0.3) is 0 Å². The van der Waals surface area contributed by atoms with Crippen LogP contribution in [0.25, 0.3) is 0 Å². The Morgan fingerprint density at radius 1 is 1.67 bits per heavy atom. The van der Waals surface area contributed by atoms with Crippen molar-refractivity contribution in [2.75, 3.05) is 32.1 Å². The Morgan fingerprint density at radius 3 is 2.58 bits per heavy atom. The topological polar surface area (TPSA) is 49.4 Å². The molecule has 1 aliphatic rings. The lowest BCUT2D eigenvalue weighted by Crippen LogP contribution is -2.58. The fourth-order valence-corrected chi connectivity index (χ4v) is 1.58. The van der Waals surface area contributed by atoms with Gasteiger partial charge in [-0.25, -0.2) is 0 Å². The van der Waals surface area contributed by atoms with Crippen LogP contribution in [0.15, 0.2) is 0 Å². The highest BCUT2D eigenvalue weighted by molar-refractivity contribution is 7.85. The first-order valence-corrected chi connectivity index (χ1v) is 5.60. The second kappa shape index (κ2) is 4.00. The number of carbonyl (C=O) groups is 1. The highest BCUT2D eigenvalue weighted by Gasteiger charge is 2.25. The third-order valence-corrected chi connectivity index (χ3v) is 2.68. The van der Waals surface area contributed by atoms with E-state index in [1.54, 1.807) is 18.2 Å². The van der Waals surface area contributed by atoms with E-state index in [4.69, 9.17) is 0 Å². The molecule has 4 nitrogen and oxygen atoms in total. The van der Waals surface area contributed by atoms with E-state index in [2.05, 4.69) is 5.32 Å². The number of hydrogen-bond donors (Lipinski definition) is 1. The molecule has 12 heavy (non-hydrogen) atoms. The van der Waals surface area contributed by atoms with Crippen LogP contribution in [0.4, 0.5) is 0 Å². The number of rotatable bonds is 3. The minimum absolute atomic E-state index is 0.0256. The Hall–Kier alpha value is -0.420. The average Bonchev–Trinajstić information content (AvgIpc) is 1.81. The predicted octanol–water partition coefficient (Wildman–Crippen LogP) is -1.20. The van der Waals surface area contributed by atoms with Crippen LogP contribution < -0.4 is 5.32 Å². The van der Waals surface area contributed by atoms with Crippen molar-refractivity contribution in [1.29, 1.82) is 0 Å². The van der Waals surface area contributed by atoms with E-state index in [9.17, 15) is 9.00 Å². The maximum Gasteiger partial charge on any atom is 0.235 e. The molecule has 1 rings (SSSR count). The average molecular weight is 190 g/mol. The Labute approximate surface area is 74.8 Å². The van der Waals surface area contributed by atoms with Crippen LogP contribution in [0.5, 0.6) is 0 Å². The number of nitrogens with zero attached hydrogens (tertiary/aromatic N) is 1. The first kappa shape index (κ1) is 9.67. The van der Waals surface area contributed by atoms with Crippen molar-refractivity contribution < 1.29 is 9.00 Å². The molecule has 1 saturated heterocycles. The molecule has 1 amide bonds. The van der Waals surface area contributed by atoms with Gasteiger partial charge in [-0.05, 0) is 0 Å². The standard InChI is InChI=1S/C7H14N2O2S/c1-9(6-3-8-4-6)7(10)5-12(2)11/h6,8H,3-5H2,1-2H3. The SMILES string of the molecule is CN(C(=O)CS(C)=O)C1CNC1. The van der Waals surface area contributed by atoms with E-state index < -0.39 is 10.8 Å². The summed E-state index contributed by atoms with van der Waals surface area (Å²) in [4.78, 5) is 13.0. The van der Waals surface area contributed by atoms with Crippen molar-refractivity contribution in [2.24, 2.45) is 0 Å². The maximum atomic E-state index is 11.3. The van der Waals surface area contributed by atoms with Crippen LogP contribution in [0.1, 0.15) is 0 Å². The van der Waals surface area contributed by atoms with Gasteiger partial charge in [-0.3, -0.25) is 9.00 Å². The fraction of sp³-hybridized carbons (Fsp3) is 0.857. The predicted molar refractivity (Wildman–Crippen MR) is 48.4 cm³/mol. The molecular weight excluding hydrogens is 176 g/mol. The minimum Gasteiger partial charge on any atom is -0.339 e. The van der Waals surface area contributed by atoms with E-state index in [0.717, 1.165) is 13.1 Å². The molecule has 1 N–H and O–H groups in total. The zero-order chi connectivity index (χ0) is 9.14. The smallest absolute Gasteiger partial charge is 0.235 e. The number of hydrogen-bond acceptors (Lipinski definition) is 3. The number of carbonyl (C=O) groups excluding carboxylic acids is 1. The zero-order valence-corrected chi connectivity index (χ0v) is 8.19. The lowest BCUT2D eigenvalue weighted by molar-refractivity contribution is -0.130. The van der Waals surface area contributed by atoms with Gasteiger partial charge in [0, 0.05) is 37.2 Å². The summed E-state index contributed by atoms with van der Waals surface area (Å²) < 4.78 is 10.7. The van der Waals surface area contributed by atoms with Gasteiger partial charge in [0.15, 0.2) is 0 Å². The molecule has 0 aromatic heterocycles. The molecule has 70 valence electrons. The van der Waals surface area contributed by atoms with Crippen LogP contribution in [-0.2, 0) is 15.6 Å². The molecule has 0 saturated carbocycles. The van der Waals surface area contributed by atoms with Gasteiger partial charge < -0.3 is 10.2 Å². The third-order valence-electron chi connectivity index (χ3n) is 2.03. The quantitative estimate of drug-likeness (QED) is 0.608. The molecular formula is C7H14N2O2S. The summed E-state index contributed by atoms with van der Waals surface area (Å²) >= 11 is 0. The van der Waals surface area contributed by atoms with Crippen molar-refractivity contribution in [2.45, 2.75) is 6.04 Å². The molecule has 1 unspecified atom stereocenters. The first-order chi connectivity index (χ1) is 5.61. The van der Waals surface area contributed by atoms with E-state index in [-0.39, 0.29) is 11.7 Å². The summed E-state index contributed by atoms with van der Waals surface area (Å²) in [5.74, 6) is 0.120.